The Bertz CT molecular complexity index is 526. The highest BCUT2D eigenvalue weighted by atomic mass is 15.1. The molecule has 3 rings (SSSR count). The number of H-pyrrole nitrogens is 1. The number of rotatable bonds is 5. The second-order valence-electron chi connectivity index (χ2n) is 5.62. The summed E-state index contributed by atoms with van der Waals surface area (Å²) < 4.78 is 0. The van der Waals surface area contributed by atoms with Crippen molar-refractivity contribution in [1.29, 1.82) is 0 Å². The molecule has 0 bridgehead atoms. The minimum atomic E-state index is 0.360. The maximum absolute atomic E-state index is 4.06. The van der Waals surface area contributed by atoms with Gasteiger partial charge in [-0.1, -0.05) is 36.8 Å². The Morgan fingerprint density at radius 1 is 1.26 bits per heavy atom. The van der Waals surface area contributed by atoms with Crippen LogP contribution in [0.4, 0.5) is 0 Å². The lowest BCUT2D eigenvalue weighted by molar-refractivity contribution is 0.233. The molecule has 3 heteroatoms. The Hall–Kier alpha value is -1.61. The molecule has 1 aliphatic carbocycles. The second kappa shape index (κ2) is 5.17. The van der Waals surface area contributed by atoms with Crippen LogP contribution in [0, 0.1) is 6.92 Å². The molecule has 100 valence electrons. The number of hydrogen-bond acceptors (Lipinski definition) is 2. The lowest BCUT2D eigenvalue weighted by Crippen LogP contribution is -2.43. The standard InChI is InChI=1S/C16H21N3/c1-13-14(11-18-19-13)10-17-12-16(8-5-9-16)15-6-3-2-4-7-15/h2-4,6-7,11,17H,5,8-10,12H2,1H3,(H,18,19). The summed E-state index contributed by atoms with van der Waals surface area (Å²) in [6, 6.07) is 10.9. The van der Waals surface area contributed by atoms with Crippen LogP contribution >= 0.6 is 0 Å². The average molecular weight is 255 g/mol. The Kier molecular flexibility index (Phi) is 3.38. The van der Waals surface area contributed by atoms with E-state index in [0.717, 1.165) is 18.8 Å². The van der Waals surface area contributed by atoms with Crippen LogP contribution in [0.1, 0.15) is 36.1 Å². The predicted octanol–water partition coefficient (Wildman–Crippen LogP) is 2.93. The number of nitrogens with zero attached hydrogens (tertiary/aromatic N) is 1. The molecule has 0 amide bonds. The quantitative estimate of drug-likeness (QED) is 0.862. The molecule has 3 nitrogen and oxygen atoms in total. The fourth-order valence-corrected chi connectivity index (χ4v) is 2.95. The van der Waals surface area contributed by atoms with Crippen molar-refractivity contribution in [2.45, 2.75) is 38.1 Å². The van der Waals surface area contributed by atoms with Gasteiger partial charge in [0.25, 0.3) is 0 Å². The zero-order valence-corrected chi connectivity index (χ0v) is 11.4. The van der Waals surface area contributed by atoms with Crippen molar-refractivity contribution in [2.24, 2.45) is 0 Å². The summed E-state index contributed by atoms with van der Waals surface area (Å²) in [5.41, 5.74) is 4.27. The molecule has 0 radical (unpaired) electrons. The fourth-order valence-electron chi connectivity index (χ4n) is 2.95. The third-order valence-electron chi connectivity index (χ3n) is 4.41. The van der Waals surface area contributed by atoms with Crippen molar-refractivity contribution < 1.29 is 0 Å². The van der Waals surface area contributed by atoms with Crippen molar-refractivity contribution in [1.82, 2.24) is 15.5 Å². The minimum absolute atomic E-state index is 0.360. The minimum Gasteiger partial charge on any atom is -0.312 e. The summed E-state index contributed by atoms with van der Waals surface area (Å²) >= 11 is 0. The zero-order valence-electron chi connectivity index (χ0n) is 11.4. The molecule has 1 aliphatic rings. The van der Waals surface area contributed by atoms with Crippen molar-refractivity contribution >= 4 is 0 Å². The first-order valence-electron chi connectivity index (χ1n) is 7.05. The smallest absolute Gasteiger partial charge is 0.0535 e. The van der Waals surface area contributed by atoms with Gasteiger partial charge in [0.1, 0.15) is 0 Å². The third-order valence-corrected chi connectivity index (χ3v) is 4.41. The molecule has 2 aromatic rings. The summed E-state index contributed by atoms with van der Waals surface area (Å²) in [6.07, 6.45) is 5.86. The number of hydrogen-bond donors (Lipinski definition) is 2. The largest absolute Gasteiger partial charge is 0.312 e. The molecule has 0 spiro atoms. The summed E-state index contributed by atoms with van der Waals surface area (Å²) in [4.78, 5) is 0. The van der Waals surface area contributed by atoms with Crippen molar-refractivity contribution in [3.63, 3.8) is 0 Å². The van der Waals surface area contributed by atoms with Crippen LogP contribution in [-0.2, 0) is 12.0 Å². The van der Waals surface area contributed by atoms with Crippen LogP contribution in [0.5, 0.6) is 0 Å². The van der Waals surface area contributed by atoms with E-state index in [1.165, 1.54) is 30.4 Å². The van der Waals surface area contributed by atoms with Crippen LogP contribution in [0.15, 0.2) is 36.5 Å². The average Bonchev–Trinajstić information content (AvgIpc) is 2.79. The van der Waals surface area contributed by atoms with E-state index in [9.17, 15) is 0 Å². The van der Waals surface area contributed by atoms with Crippen molar-refractivity contribution in [2.75, 3.05) is 6.54 Å². The van der Waals surface area contributed by atoms with E-state index >= 15 is 0 Å². The van der Waals surface area contributed by atoms with Crippen LogP contribution < -0.4 is 5.32 Å². The van der Waals surface area contributed by atoms with Gasteiger partial charge in [-0.25, -0.2) is 0 Å². The van der Waals surface area contributed by atoms with Gasteiger partial charge in [-0.15, -0.1) is 0 Å². The van der Waals surface area contributed by atoms with Crippen molar-refractivity contribution in [3.05, 3.63) is 53.3 Å². The van der Waals surface area contributed by atoms with Gasteiger partial charge >= 0.3 is 0 Å². The maximum atomic E-state index is 4.06. The summed E-state index contributed by atoms with van der Waals surface area (Å²) in [5, 5.41) is 10.7. The second-order valence-corrected chi connectivity index (χ2v) is 5.62. The SMILES string of the molecule is Cc1[nH]ncc1CNCC1(c2ccccc2)CCC1. The molecular weight excluding hydrogens is 234 g/mol. The van der Waals surface area contributed by atoms with E-state index in [1.54, 1.807) is 0 Å². The molecule has 1 saturated carbocycles. The van der Waals surface area contributed by atoms with E-state index in [2.05, 4.69) is 52.8 Å². The van der Waals surface area contributed by atoms with Gasteiger partial charge in [-0.05, 0) is 25.3 Å². The van der Waals surface area contributed by atoms with Gasteiger partial charge in [-0.3, -0.25) is 5.10 Å². The normalized spacial score (nSPS) is 17.1. The lowest BCUT2D eigenvalue weighted by atomic mass is 9.64. The van der Waals surface area contributed by atoms with Gasteiger partial charge < -0.3 is 5.32 Å². The predicted molar refractivity (Wildman–Crippen MR) is 77.0 cm³/mol. The molecule has 19 heavy (non-hydrogen) atoms. The lowest BCUT2D eigenvalue weighted by Gasteiger charge is -2.42. The molecule has 0 atom stereocenters. The monoisotopic (exact) mass is 255 g/mol. The van der Waals surface area contributed by atoms with Gasteiger partial charge in [0.2, 0.25) is 0 Å². The van der Waals surface area contributed by atoms with Gasteiger partial charge in [0.15, 0.2) is 0 Å². The van der Waals surface area contributed by atoms with Crippen LogP contribution in [0.2, 0.25) is 0 Å². The summed E-state index contributed by atoms with van der Waals surface area (Å²) in [7, 11) is 0. The topological polar surface area (TPSA) is 40.7 Å². The van der Waals surface area contributed by atoms with E-state index in [-0.39, 0.29) is 0 Å². The Morgan fingerprint density at radius 3 is 2.63 bits per heavy atom. The first-order valence-corrected chi connectivity index (χ1v) is 7.05. The van der Waals surface area contributed by atoms with Crippen LogP contribution in [-0.4, -0.2) is 16.7 Å². The number of benzene rings is 1. The van der Waals surface area contributed by atoms with Crippen LogP contribution in [0.25, 0.3) is 0 Å². The van der Waals surface area contributed by atoms with E-state index in [0.29, 0.717) is 5.41 Å². The van der Waals surface area contributed by atoms with Crippen molar-refractivity contribution in [3.8, 4) is 0 Å². The first-order chi connectivity index (χ1) is 9.30. The molecule has 1 aromatic heterocycles. The van der Waals surface area contributed by atoms with E-state index in [4.69, 9.17) is 0 Å². The summed E-state index contributed by atoms with van der Waals surface area (Å²) in [5.74, 6) is 0. The molecule has 1 fully saturated rings. The highest BCUT2D eigenvalue weighted by Gasteiger charge is 2.37. The Balaban J connectivity index is 1.63. The molecule has 1 heterocycles. The number of nitrogens with one attached hydrogen (secondary N) is 2. The fraction of sp³-hybridized carbons (Fsp3) is 0.438. The van der Waals surface area contributed by atoms with Gasteiger partial charge in [0, 0.05) is 29.8 Å². The number of aromatic nitrogens is 2. The molecule has 0 unspecified atom stereocenters. The van der Waals surface area contributed by atoms with Crippen LogP contribution in [0.3, 0.4) is 0 Å². The Labute approximate surface area is 114 Å². The van der Waals surface area contributed by atoms with Gasteiger partial charge in [-0.2, -0.15) is 5.10 Å². The molecule has 2 N–H and O–H groups in total. The Morgan fingerprint density at radius 2 is 2.05 bits per heavy atom. The highest BCUT2D eigenvalue weighted by Crippen LogP contribution is 2.43. The number of aromatic amines is 1. The van der Waals surface area contributed by atoms with E-state index in [1.807, 2.05) is 6.20 Å². The highest BCUT2D eigenvalue weighted by molar-refractivity contribution is 5.28. The molecule has 0 saturated heterocycles. The maximum Gasteiger partial charge on any atom is 0.0535 e. The van der Waals surface area contributed by atoms with Gasteiger partial charge in [0.05, 0.1) is 6.20 Å². The molecule has 1 aromatic carbocycles. The third kappa shape index (κ3) is 2.43. The van der Waals surface area contributed by atoms with E-state index < -0.39 is 0 Å². The molecule has 0 aliphatic heterocycles. The first kappa shape index (κ1) is 12.4. The zero-order chi connectivity index (χ0) is 13.1. The summed E-state index contributed by atoms with van der Waals surface area (Å²) in [6.45, 7) is 4.03. The number of aryl methyl sites for hydroxylation is 1. The molecular formula is C16H21N3.